The number of hydrogen-bond acceptors (Lipinski definition) is 4. The van der Waals surface area contributed by atoms with Crippen molar-refractivity contribution in [1.29, 1.82) is 0 Å². The van der Waals surface area contributed by atoms with E-state index in [0.717, 1.165) is 52.4 Å². The first-order valence-electron chi connectivity index (χ1n) is 11.0. The molecule has 1 N–H and O–H groups in total. The van der Waals surface area contributed by atoms with Gasteiger partial charge in [-0.05, 0) is 42.4 Å². The third-order valence-corrected chi connectivity index (χ3v) is 5.97. The van der Waals surface area contributed by atoms with Gasteiger partial charge in [-0.3, -0.25) is 14.6 Å². The average molecular weight is 398 g/mol. The minimum absolute atomic E-state index is 0.116. The zero-order valence-electron chi connectivity index (χ0n) is 17.9. The van der Waals surface area contributed by atoms with Gasteiger partial charge in [-0.15, -0.1) is 0 Å². The minimum atomic E-state index is 0.116. The van der Waals surface area contributed by atoms with Gasteiger partial charge in [-0.1, -0.05) is 56.3 Å². The molecule has 1 aliphatic heterocycles. The van der Waals surface area contributed by atoms with Crippen molar-refractivity contribution in [3.05, 3.63) is 48.0 Å². The Kier molecular flexibility index (Phi) is 8.47. The summed E-state index contributed by atoms with van der Waals surface area (Å²) in [6, 6.07) is 15.1. The van der Waals surface area contributed by atoms with E-state index in [2.05, 4.69) is 71.4 Å². The third-order valence-electron chi connectivity index (χ3n) is 5.97. The molecule has 5 nitrogen and oxygen atoms in total. The van der Waals surface area contributed by atoms with E-state index in [1.165, 1.54) is 16.3 Å². The molecule has 3 rings (SSSR count). The Balaban J connectivity index is 1.71. The van der Waals surface area contributed by atoms with Crippen molar-refractivity contribution in [2.24, 2.45) is 0 Å². The van der Waals surface area contributed by atoms with Crippen LogP contribution in [0.15, 0.2) is 42.5 Å². The number of likely N-dealkylation sites (N-methyl/N-ethyl adjacent to an activating group) is 1. The fourth-order valence-electron chi connectivity index (χ4n) is 4.08. The lowest BCUT2D eigenvalue weighted by molar-refractivity contribution is -0.122. The van der Waals surface area contributed by atoms with Crippen LogP contribution in [-0.2, 0) is 9.53 Å². The van der Waals surface area contributed by atoms with Crippen molar-refractivity contribution < 1.29 is 9.53 Å². The molecule has 1 atom stereocenters. The fourth-order valence-corrected chi connectivity index (χ4v) is 4.08. The van der Waals surface area contributed by atoms with Gasteiger partial charge in [0.25, 0.3) is 0 Å². The molecule has 29 heavy (non-hydrogen) atoms. The highest BCUT2D eigenvalue weighted by molar-refractivity contribution is 5.86. The summed E-state index contributed by atoms with van der Waals surface area (Å²) < 4.78 is 5.48. The quantitative estimate of drug-likeness (QED) is 0.669. The number of carbonyl (C=O) groups excluding carboxylic acids is 1. The first kappa shape index (κ1) is 21.8. The molecule has 1 aliphatic rings. The summed E-state index contributed by atoms with van der Waals surface area (Å²) in [6.45, 7) is 11.8. The second-order valence-corrected chi connectivity index (χ2v) is 7.77. The van der Waals surface area contributed by atoms with Crippen molar-refractivity contribution in [3.8, 4) is 0 Å². The Labute approximate surface area is 175 Å². The summed E-state index contributed by atoms with van der Waals surface area (Å²) in [4.78, 5) is 17.1. The van der Waals surface area contributed by atoms with Crippen LogP contribution in [0.2, 0.25) is 0 Å². The molecule has 1 heterocycles. The first-order valence-corrected chi connectivity index (χ1v) is 11.0. The smallest absolute Gasteiger partial charge is 0.234 e. The lowest BCUT2D eigenvalue weighted by atomic mass is 9.90. The summed E-state index contributed by atoms with van der Waals surface area (Å²) in [5, 5.41) is 5.76. The Morgan fingerprint density at radius 1 is 1.10 bits per heavy atom. The molecule has 0 bridgehead atoms. The van der Waals surface area contributed by atoms with E-state index in [-0.39, 0.29) is 5.91 Å². The molecule has 1 amide bonds. The van der Waals surface area contributed by atoms with E-state index in [4.69, 9.17) is 4.74 Å². The summed E-state index contributed by atoms with van der Waals surface area (Å²) in [5.74, 6) is 0.412. The maximum absolute atomic E-state index is 12.5. The van der Waals surface area contributed by atoms with Crippen LogP contribution in [0.5, 0.6) is 0 Å². The molecule has 1 unspecified atom stereocenters. The van der Waals surface area contributed by atoms with Crippen LogP contribution < -0.4 is 5.32 Å². The molecular weight excluding hydrogens is 362 g/mol. The molecule has 2 aromatic carbocycles. The second kappa shape index (κ2) is 11.3. The van der Waals surface area contributed by atoms with Gasteiger partial charge in [0.1, 0.15) is 0 Å². The van der Waals surface area contributed by atoms with Crippen molar-refractivity contribution >= 4 is 16.7 Å². The molecule has 1 saturated heterocycles. The number of fused-ring (bicyclic) bond motifs is 1. The number of carbonyl (C=O) groups is 1. The molecule has 5 heteroatoms. The van der Waals surface area contributed by atoms with Gasteiger partial charge >= 0.3 is 0 Å². The molecule has 0 aliphatic carbocycles. The molecular formula is C24H35N3O2. The molecule has 0 saturated carbocycles. The summed E-state index contributed by atoms with van der Waals surface area (Å²) in [7, 11) is 0. The number of nitrogens with one attached hydrogen (secondary N) is 1. The third kappa shape index (κ3) is 6.26. The Morgan fingerprint density at radius 3 is 2.59 bits per heavy atom. The van der Waals surface area contributed by atoms with Gasteiger partial charge in [0.15, 0.2) is 0 Å². The summed E-state index contributed by atoms with van der Waals surface area (Å²) >= 11 is 0. The van der Waals surface area contributed by atoms with E-state index in [0.29, 0.717) is 19.0 Å². The maximum Gasteiger partial charge on any atom is 0.234 e. The average Bonchev–Trinajstić information content (AvgIpc) is 2.78. The topological polar surface area (TPSA) is 44.8 Å². The van der Waals surface area contributed by atoms with Gasteiger partial charge < -0.3 is 10.1 Å². The van der Waals surface area contributed by atoms with Gasteiger partial charge in [-0.25, -0.2) is 0 Å². The lowest BCUT2D eigenvalue weighted by Crippen LogP contribution is -2.40. The van der Waals surface area contributed by atoms with E-state index in [1.54, 1.807) is 0 Å². The van der Waals surface area contributed by atoms with E-state index in [1.807, 2.05) is 0 Å². The number of rotatable bonds is 10. The molecule has 0 spiro atoms. The van der Waals surface area contributed by atoms with E-state index >= 15 is 0 Å². The van der Waals surface area contributed by atoms with Crippen LogP contribution in [0.25, 0.3) is 10.8 Å². The largest absolute Gasteiger partial charge is 0.379 e. The fraction of sp³-hybridized carbons (Fsp3) is 0.542. The number of morpholine rings is 1. The van der Waals surface area contributed by atoms with Crippen molar-refractivity contribution in [3.63, 3.8) is 0 Å². The van der Waals surface area contributed by atoms with Crippen molar-refractivity contribution in [2.45, 2.75) is 26.2 Å². The second-order valence-electron chi connectivity index (χ2n) is 7.77. The summed E-state index contributed by atoms with van der Waals surface area (Å²) in [5.41, 5.74) is 1.33. The number of ether oxygens (including phenoxy) is 1. The monoisotopic (exact) mass is 397 g/mol. The predicted molar refractivity (Wildman–Crippen MR) is 119 cm³/mol. The van der Waals surface area contributed by atoms with Crippen molar-refractivity contribution in [2.75, 3.05) is 59.0 Å². The van der Waals surface area contributed by atoms with E-state index in [9.17, 15) is 4.79 Å². The zero-order chi connectivity index (χ0) is 20.5. The standard InChI is InChI=1S/C24H35N3O2/c1-3-26(4-2)19-24(28)25-18-21(12-13-27-14-16-29-17-15-27)23-11-7-9-20-8-5-6-10-22(20)23/h5-11,21H,3-4,12-19H2,1-2H3,(H,25,28). The van der Waals surface area contributed by atoms with Crippen LogP contribution in [-0.4, -0.2) is 74.7 Å². The number of benzene rings is 2. The maximum atomic E-state index is 12.5. The first-order chi connectivity index (χ1) is 14.2. The zero-order valence-corrected chi connectivity index (χ0v) is 17.9. The van der Waals surface area contributed by atoms with Gasteiger partial charge in [-0.2, -0.15) is 0 Å². The normalized spacial score (nSPS) is 16.2. The van der Waals surface area contributed by atoms with Gasteiger partial charge in [0.05, 0.1) is 19.8 Å². The van der Waals surface area contributed by atoms with E-state index < -0.39 is 0 Å². The predicted octanol–water partition coefficient (Wildman–Crippen LogP) is 3.10. The van der Waals surface area contributed by atoms with Crippen LogP contribution >= 0.6 is 0 Å². The molecule has 1 fully saturated rings. The number of nitrogens with zero attached hydrogens (tertiary/aromatic N) is 2. The lowest BCUT2D eigenvalue weighted by Gasteiger charge is -2.29. The highest BCUT2D eigenvalue weighted by atomic mass is 16.5. The Hall–Kier alpha value is -1.95. The van der Waals surface area contributed by atoms with Gasteiger partial charge in [0, 0.05) is 25.6 Å². The summed E-state index contributed by atoms with van der Waals surface area (Å²) in [6.07, 6.45) is 1.03. The number of hydrogen-bond donors (Lipinski definition) is 1. The van der Waals surface area contributed by atoms with Crippen LogP contribution in [0.4, 0.5) is 0 Å². The SMILES string of the molecule is CCN(CC)CC(=O)NCC(CCN1CCOCC1)c1cccc2ccccc12. The molecule has 158 valence electrons. The van der Waals surface area contributed by atoms with Crippen LogP contribution in [0, 0.1) is 0 Å². The molecule has 0 radical (unpaired) electrons. The van der Waals surface area contributed by atoms with Crippen molar-refractivity contribution in [1.82, 2.24) is 15.1 Å². The minimum Gasteiger partial charge on any atom is -0.379 e. The Bertz CT molecular complexity index is 764. The van der Waals surface area contributed by atoms with Crippen LogP contribution in [0.3, 0.4) is 0 Å². The highest BCUT2D eigenvalue weighted by Crippen LogP contribution is 2.28. The number of amides is 1. The molecule has 0 aromatic heterocycles. The van der Waals surface area contributed by atoms with Crippen LogP contribution in [0.1, 0.15) is 31.7 Å². The van der Waals surface area contributed by atoms with Gasteiger partial charge in [0.2, 0.25) is 5.91 Å². The molecule has 2 aromatic rings. The Morgan fingerprint density at radius 2 is 1.83 bits per heavy atom. The highest BCUT2D eigenvalue weighted by Gasteiger charge is 2.19.